The van der Waals surface area contributed by atoms with E-state index in [0.29, 0.717) is 16.9 Å². The SMILES string of the molecule is CC(CNC(=O)c1ccc2ccccc2c1O)C(N)=S. The first kappa shape index (κ1) is 14.3. The van der Waals surface area contributed by atoms with Crippen LogP contribution in [0.4, 0.5) is 0 Å². The highest BCUT2D eigenvalue weighted by atomic mass is 32.1. The van der Waals surface area contributed by atoms with Crippen molar-refractivity contribution in [3.63, 3.8) is 0 Å². The Morgan fingerprint density at radius 3 is 2.75 bits per heavy atom. The lowest BCUT2D eigenvalue weighted by Gasteiger charge is -2.12. The van der Waals surface area contributed by atoms with Gasteiger partial charge in [-0.05, 0) is 11.5 Å². The number of carbonyl (C=O) groups excluding carboxylic acids is 1. The van der Waals surface area contributed by atoms with Crippen molar-refractivity contribution in [3.8, 4) is 5.75 Å². The highest BCUT2D eigenvalue weighted by molar-refractivity contribution is 7.80. The van der Waals surface area contributed by atoms with Crippen LogP contribution >= 0.6 is 12.2 Å². The van der Waals surface area contributed by atoms with Gasteiger partial charge in [0.15, 0.2) is 0 Å². The fraction of sp³-hybridized carbons (Fsp3) is 0.200. The number of carbonyl (C=O) groups is 1. The number of nitrogens with one attached hydrogen (secondary N) is 1. The van der Waals surface area contributed by atoms with Gasteiger partial charge in [-0.15, -0.1) is 0 Å². The summed E-state index contributed by atoms with van der Waals surface area (Å²) in [6, 6.07) is 10.8. The van der Waals surface area contributed by atoms with E-state index in [2.05, 4.69) is 5.32 Å². The average Bonchev–Trinajstić information content (AvgIpc) is 2.45. The Morgan fingerprint density at radius 1 is 1.35 bits per heavy atom. The first-order valence-corrected chi connectivity index (χ1v) is 6.69. The number of rotatable bonds is 4. The molecule has 20 heavy (non-hydrogen) atoms. The van der Waals surface area contributed by atoms with E-state index in [9.17, 15) is 9.90 Å². The van der Waals surface area contributed by atoms with E-state index < -0.39 is 0 Å². The molecule has 104 valence electrons. The minimum absolute atomic E-state index is 0.0106. The van der Waals surface area contributed by atoms with Gasteiger partial charge in [0, 0.05) is 17.8 Å². The Bertz CT molecular complexity index is 670. The summed E-state index contributed by atoms with van der Waals surface area (Å²) in [5, 5.41) is 14.4. The monoisotopic (exact) mass is 288 g/mol. The quantitative estimate of drug-likeness (QED) is 0.754. The number of phenols is 1. The summed E-state index contributed by atoms with van der Waals surface area (Å²) >= 11 is 4.85. The Hall–Kier alpha value is -2.14. The molecule has 0 aromatic heterocycles. The zero-order valence-corrected chi connectivity index (χ0v) is 11.9. The predicted molar refractivity (Wildman–Crippen MR) is 83.9 cm³/mol. The molecule has 2 aromatic carbocycles. The third-order valence-electron chi connectivity index (χ3n) is 3.20. The first-order chi connectivity index (χ1) is 9.50. The number of hydrogen-bond acceptors (Lipinski definition) is 3. The van der Waals surface area contributed by atoms with Gasteiger partial charge >= 0.3 is 0 Å². The van der Waals surface area contributed by atoms with Crippen molar-refractivity contribution >= 4 is 33.9 Å². The molecular formula is C15H16N2O2S. The molecule has 0 bridgehead atoms. The van der Waals surface area contributed by atoms with Crippen LogP contribution in [0.3, 0.4) is 0 Å². The number of benzene rings is 2. The lowest BCUT2D eigenvalue weighted by Crippen LogP contribution is -2.33. The van der Waals surface area contributed by atoms with Crippen LogP contribution in [0, 0.1) is 5.92 Å². The first-order valence-electron chi connectivity index (χ1n) is 6.29. The summed E-state index contributed by atoms with van der Waals surface area (Å²) in [6.45, 7) is 2.18. The maximum Gasteiger partial charge on any atom is 0.255 e. The molecule has 0 aliphatic carbocycles. The Balaban J connectivity index is 2.22. The Labute approximate surface area is 122 Å². The highest BCUT2D eigenvalue weighted by Gasteiger charge is 2.14. The van der Waals surface area contributed by atoms with Crippen LogP contribution in [0.1, 0.15) is 17.3 Å². The van der Waals surface area contributed by atoms with Gasteiger partial charge in [-0.25, -0.2) is 0 Å². The zero-order chi connectivity index (χ0) is 14.7. The molecule has 0 saturated carbocycles. The van der Waals surface area contributed by atoms with Crippen LogP contribution in [0.5, 0.6) is 5.75 Å². The second-order valence-electron chi connectivity index (χ2n) is 4.70. The van der Waals surface area contributed by atoms with Crippen molar-refractivity contribution < 1.29 is 9.90 Å². The van der Waals surface area contributed by atoms with Gasteiger partial charge in [0.25, 0.3) is 5.91 Å². The lowest BCUT2D eigenvalue weighted by atomic mass is 10.0. The van der Waals surface area contributed by atoms with Crippen LogP contribution in [-0.2, 0) is 0 Å². The summed E-state index contributed by atoms with van der Waals surface area (Å²) < 4.78 is 0. The van der Waals surface area contributed by atoms with E-state index in [1.165, 1.54) is 0 Å². The molecule has 0 spiro atoms. The molecule has 1 unspecified atom stereocenters. The fourth-order valence-electron chi connectivity index (χ4n) is 1.88. The molecule has 0 saturated heterocycles. The molecule has 2 aromatic rings. The highest BCUT2D eigenvalue weighted by Crippen LogP contribution is 2.28. The van der Waals surface area contributed by atoms with Crippen molar-refractivity contribution in [3.05, 3.63) is 42.0 Å². The van der Waals surface area contributed by atoms with Crippen LogP contribution in [0.2, 0.25) is 0 Å². The standard InChI is InChI=1S/C15H16N2O2S/c1-9(14(16)20)8-17-15(19)12-7-6-10-4-2-3-5-11(10)13(12)18/h2-7,9,18H,8H2,1H3,(H2,16,20)(H,17,19). The molecule has 5 heteroatoms. The van der Waals surface area contributed by atoms with Gasteiger partial charge in [0.2, 0.25) is 0 Å². The maximum absolute atomic E-state index is 12.1. The molecule has 1 atom stereocenters. The molecule has 2 rings (SSSR count). The second-order valence-corrected chi connectivity index (χ2v) is 5.17. The molecule has 1 amide bonds. The summed E-state index contributed by atoms with van der Waals surface area (Å²) in [5.41, 5.74) is 5.74. The minimum Gasteiger partial charge on any atom is -0.506 e. The van der Waals surface area contributed by atoms with Crippen molar-refractivity contribution in [1.29, 1.82) is 0 Å². The molecule has 0 aliphatic rings. The minimum atomic E-state index is -0.337. The summed E-state index contributed by atoms with van der Waals surface area (Å²) in [4.78, 5) is 12.4. The number of fused-ring (bicyclic) bond motifs is 1. The van der Waals surface area contributed by atoms with Crippen molar-refractivity contribution in [2.75, 3.05) is 6.54 Å². The van der Waals surface area contributed by atoms with Crippen molar-refractivity contribution in [2.24, 2.45) is 11.7 Å². The topological polar surface area (TPSA) is 75.3 Å². The number of nitrogens with two attached hydrogens (primary N) is 1. The zero-order valence-electron chi connectivity index (χ0n) is 11.1. The van der Waals surface area contributed by atoms with Gasteiger partial charge < -0.3 is 16.2 Å². The lowest BCUT2D eigenvalue weighted by molar-refractivity contribution is 0.0949. The second kappa shape index (κ2) is 5.88. The molecule has 0 heterocycles. The van der Waals surface area contributed by atoms with E-state index in [1.54, 1.807) is 18.2 Å². The van der Waals surface area contributed by atoms with Gasteiger partial charge in [-0.3, -0.25) is 4.79 Å². The smallest absolute Gasteiger partial charge is 0.255 e. The van der Waals surface area contributed by atoms with Gasteiger partial charge in [-0.1, -0.05) is 49.5 Å². The van der Waals surface area contributed by atoms with E-state index in [-0.39, 0.29) is 23.1 Å². The number of phenolic OH excluding ortho intramolecular Hbond substituents is 1. The van der Waals surface area contributed by atoms with E-state index in [4.69, 9.17) is 18.0 Å². The van der Waals surface area contributed by atoms with E-state index in [0.717, 1.165) is 5.39 Å². The van der Waals surface area contributed by atoms with Crippen LogP contribution < -0.4 is 11.1 Å². The molecule has 0 radical (unpaired) electrons. The van der Waals surface area contributed by atoms with Crippen molar-refractivity contribution in [1.82, 2.24) is 5.32 Å². The third-order valence-corrected chi connectivity index (χ3v) is 3.60. The third kappa shape index (κ3) is 2.88. The Morgan fingerprint density at radius 2 is 2.05 bits per heavy atom. The van der Waals surface area contributed by atoms with E-state index >= 15 is 0 Å². The molecule has 0 fully saturated rings. The molecule has 4 N–H and O–H groups in total. The van der Waals surface area contributed by atoms with Crippen LogP contribution in [0.15, 0.2) is 36.4 Å². The number of amides is 1. The van der Waals surface area contributed by atoms with Crippen LogP contribution in [0.25, 0.3) is 10.8 Å². The van der Waals surface area contributed by atoms with Crippen molar-refractivity contribution in [2.45, 2.75) is 6.92 Å². The molecular weight excluding hydrogens is 272 g/mol. The molecule has 0 aliphatic heterocycles. The summed E-state index contributed by atoms with van der Waals surface area (Å²) in [5.74, 6) is -0.434. The fourth-order valence-corrected chi connectivity index (χ4v) is 1.96. The van der Waals surface area contributed by atoms with Gasteiger partial charge in [0.1, 0.15) is 5.75 Å². The number of aromatic hydroxyl groups is 1. The normalized spacial score (nSPS) is 12.1. The number of hydrogen-bond donors (Lipinski definition) is 3. The Kier molecular flexibility index (Phi) is 4.20. The van der Waals surface area contributed by atoms with Crippen LogP contribution in [-0.4, -0.2) is 22.5 Å². The van der Waals surface area contributed by atoms with Gasteiger partial charge in [-0.2, -0.15) is 0 Å². The maximum atomic E-state index is 12.1. The summed E-state index contributed by atoms with van der Waals surface area (Å²) in [7, 11) is 0. The predicted octanol–water partition coefficient (Wildman–Crippen LogP) is 2.20. The summed E-state index contributed by atoms with van der Waals surface area (Å²) in [6.07, 6.45) is 0. The average molecular weight is 288 g/mol. The largest absolute Gasteiger partial charge is 0.506 e. The number of thiocarbonyl (C=S) groups is 1. The van der Waals surface area contributed by atoms with Gasteiger partial charge in [0.05, 0.1) is 10.6 Å². The molecule has 4 nitrogen and oxygen atoms in total. The van der Waals surface area contributed by atoms with E-state index in [1.807, 2.05) is 25.1 Å².